The fourth-order valence-electron chi connectivity index (χ4n) is 3.13. The first kappa shape index (κ1) is 21.6. The Kier molecular flexibility index (Phi) is 6.47. The molecule has 0 saturated carbocycles. The van der Waals surface area contributed by atoms with E-state index in [1.165, 1.54) is 9.47 Å². The van der Waals surface area contributed by atoms with E-state index in [0.717, 1.165) is 11.8 Å². The first-order valence-electron chi connectivity index (χ1n) is 8.67. The Bertz CT molecular complexity index is 1000. The highest BCUT2D eigenvalue weighted by Gasteiger charge is 2.31. The standard InChI is InChI=1S/C17H20Cl2N6O3S/c1-23-15(26)13(29-11-4-2-3-10(18)12(11)19)14(21)22-16(23)24-5-6-25(17(27)28)9(7-20)8-24/h2-4,9H,5-8,20-21H2,1H3,(H,27,28). The van der Waals surface area contributed by atoms with Crippen LogP contribution in [0.15, 0.2) is 32.8 Å². The summed E-state index contributed by atoms with van der Waals surface area (Å²) in [6.07, 6.45) is -1.02. The maximum absolute atomic E-state index is 13.0. The van der Waals surface area contributed by atoms with Gasteiger partial charge in [0.25, 0.3) is 5.56 Å². The summed E-state index contributed by atoms with van der Waals surface area (Å²) in [6, 6.07) is 4.72. The number of hydrogen-bond donors (Lipinski definition) is 3. The van der Waals surface area contributed by atoms with E-state index in [-0.39, 0.29) is 29.4 Å². The van der Waals surface area contributed by atoms with Crippen molar-refractivity contribution in [3.8, 4) is 0 Å². The molecule has 1 unspecified atom stereocenters. The number of anilines is 2. The van der Waals surface area contributed by atoms with Crippen LogP contribution in [0.5, 0.6) is 0 Å². The number of nitrogens with zero attached hydrogens (tertiary/aromatic N) is 4. The number of carboxylic acid groups (broad SMARTS) is 1. The first-order chi connectivity index (χ1) is 13.7. The van der Waals surface area contributed by atoms with Gasteiger partial charge >= 0.3 is 6.09 Å². The fraction of sp³-hybridized carbons (Fsp3) is 0.353. The molecule has 29 heavy (non-hydrogen) atoms. The third-order valence-electron chi connectivity index (χ3n) is 4.66. The second-order valence-electron chi connectivity index (χ2n) is 6.46. The molecule has 1 aliphatic heterocycles. The number of hydrogen-bond acceptors (Lipinski definition) is 7. The molecule has 1 aliphatic rings. The van der Waals surface area contributed by atoms with Crippen LogP contribution in [0.4, 0.5) is 16.6 Å². The monoisotopic (exact) mass is 458 g/mol. The summed E-state index contributed by atoms with van der Waals surface area (Å²) in [5.41, 5.74) is 11.5. The van der Waals surface area contributed by atoms with Crippen LogP contribution in [0, 0.1) is 0 Å². The highest BCUT2D eigenvalue weighted by molar-refractivity contribution is 7.99. The zero-order valence-electron chi connectivity index (χ0n) is 15.5. The van der Waals surface area contributed by atoms with Crippen molar-refractivity contribution in [3.63, 3.8) is 0 Å². The quantitative estimate of drug-likeness (QED) is 0.633. The number of amides is 1. The van der Waals surface area contributed by atoms with E-state index in [4.69, 9.17) is 34.7 Å². The molecule has 0 radical (unpaired) electrons. The number of nitrogens with two attached hydrogens (primary N) is 2. The van der Waals surface area contributed by atoms with Gasteiger partial charge in [0.15, 0.2) is 0 Å². The molecule has 1 saturated heterocycles. The molecule has 1 fully saturated rings. The van der Waals surface area contributed by atoms with Crippen LogP contribution in [0.3, 0.4) is 0 Å². The number of carbonyl (C=O) groups is 1. The summed E-state index contributed by atoms with van der Waals surface area (Å²) >= 11 is 13.4. The minimum atomic E-state index is -1.02. The molecule has 0 bridgehead atoms. The van der Waals surface area contributed by atoms with Gasteiger partial charge in [0.05, 0.1) is 16.1 Å². The van der Waals surface area contributed by atoms with E-state index in [0.29, 0.717) is 34.0 Å². The Labute approximate surface area is 181 Å². The van der Waals surface area contributed by atoms with Crippen LogP contribution in [-0.2, 0) is 7.05 Å². The van der Waals surface area contributed by atoms with E-state index in [1.807, 2.05) is 4.90 Å². The lowest BCUT2D eigenvalue weighted by atomic mass is 10.2. The smallest absolute Gasteiger partial charge is 0.407 e. The highest BCUT2D eigenvalue weighted by atomic mass is 35.5. The van der Waals surface area contributed by atoms with Crippen molar-refractivity contribution in [2.24, 2.45) is 12.8 Å². The van der Waals surface area contributed by atoms with Crippen LogP contribution < -0.4 is 21.9 Å². The maximum atomic E-state index is 13.0. The van der Waals surface area contributed by atoms with Crippen LogP contribution in [0.1, 0.15) is 0 Å². The molecule has 3 rings (SSSR count). The number of halogens is 2. The summed E-state index contributed by atoms with van der Waals surface area (Å²) in [6.45, 7) is 1.10. The minimum absolute atomic E-state index is 0.0640. The summed E-state index contributed by atoms with van der Waals surface area (Å²) < 4.78 is 1.39. The van der Waals surface area contributed by atoms with Gasteiger partial charge in [-0.15, -0.1) is 0 Å². The van der Waals surface area contributed by atoms with Gasteiger partial charge in [-0.05, 0) is 12.1 Å². The van der Waals surface area contributed by atoms with Crippen molar-refractivity contribution in [2.45, 2.75) is 15.8 Å². The van der Waals surface area contributed by atoms with Crippen LogP contribution in [0.25, 0.3) is 0 Å². The molecule has 2 aromatic rings. The van der Waals surface area contributed by atoms with Crippen molar-refractivity contribution in [2.75, 3.05) is 36.8 Å². The summed E-state index contributed by atoms with van der Waals surface area (Å²) in [5, 5.41) is 10.0. The zero-order chi connectivity index (χ0) is 21.3. The van der Waals surface area contributed by atoms with Crippen molar-refractivity contribution in [1.82, 2.24) is 14.5 Å². The summed E-state index contributed by atoms with van der Waals surface area (Å²) in [4.78, 5) is 32.7. The Morgan fingerprint density at radius 1 is 1.38 bits per heavy atom. The number of aromatic nitrogens is 2. The summed E-state index contributed by atoms with van der Waals surface area (Å²) in [5.74, 6) is 0.423. The molecule has 1 aromatic carbocycles. The van der Waals surface area contributed by atoms with Gasteiger partial charge in [-0.3, -0.25) is 9.36 Å². The summed E-state index contributed by atoms with van der Waals surface area (Å²) in [7, 11) is 1.59. The van der Waals surface area contributed by atoms with Gasteiger partial charge in [0.1, 0.15) is 10.7 Å². The lowest BCUT2D eigenvalue weighted by Crippen LogP contribution is -2.58. The van der Waals surface area contributed by atoms with E-state index < -0.39 is 12.1 Å². The molecule has 1 atom stereocenters. The van der Waals surface area contributed by atoms with E-state index in [9.17, 15) is 14.7 Å². The maximum Gasteiger partial charge on any atom is 0.407 e. The average molecular weight is 459 g/mol. The van der Waals surface area contributed by atoms with Gasteiger partial charge in [-0.1, -0.05) is 41.0 Å². The number of nitrogen functional groups attached to an aromatic ring is 1. The van der Waals surface area contributed by atoms with E-state index in [2.05, 4.69) is 4.98 Å². The predicted octanol–water partition coefficient (Wildman–Crippen LogP) is 1.95. The molecule has 9 nitrogen and oxygen atoms in total. The van der Waals surface area contributed by atoms with Crippen molar-refractivity contribution in [1.29, 1.82) is 0 Å². The van der Waals surface area contributed by atoms with Crippen molar-refractivity contribution < 1.29 is 9.90 Å². The Balaban J connectivity index is 1.93. The molecular formula is C17H20Cl2N6O3S. The number of rotatable bonds is 4. The third kappa shape index (κ3) is 4.25. The minimum Gasteiger partial charge on any atom is -0.465 e. The Morgan fingerprint density at radius 3 is 2.76 bits per heavy atom. The normalized spacial score (nSPS) is 16.9. The Morgan fingerprint density at radius 2 is 2.10 bits per heavy atom. The third-order valence-corrected chi connectivity index (χ3v) is 6.74. The SMILES string of the molecule is Cn1c(N2CCN(C(=O)O)C(CN)C2)nc(N)c(Sc2cccc(Cl)c2Cl)c1=O. The molecule has 0 aliphatic carbocycles. The molecule has 2 heterocycles. The molecule has 1 amide bonds. The topological polar surface area (TPSA) is 131 Å². The van der Waals surface area contributed by atoms with E-state index >= 15 is 0 Å². The highest BCUT2D eigenvalue weighted by Crippen LogP contribution is 2.37. The number of piperazine rings is 1. The van der Waals surface area contributed by atoms with Crippen LogP contribution in [0.2, 0.25) is 10.0 Å². The molecular weight excluding hydrogens is 439 g/mol. The van der Waals surface area contributed by atoms with Gasteiger partial charge in [0.2, 0.25) is 5.95 Å². The number of benzene rings is 1. The van der Waals surface area contributed by atoms with Gasteiger partial charge in [-0.2, -0.15) is 4.98 Å². The second kappa shape index (κ2) is 8.70. The molecule has 12 heteroatoms. The molecule has 156 valence electrons. The van der Waals surface area contributed by atoms with Gasteiger partial charge in [-0.25, -0.2) is 4.79 Å². The first-order valence-corrected chi connectivity index (χ1v) is 10.2. The lowest BCUT2D eigenvalue weighted by Gasteiger charge is -2.40. The van der Waals surface area contributed by atoms with Gasteiger partial charge in [0, 0.05) is 38.1 Å². The van der Waals surface area contributed by atoms with Crippen molar-refractivity contribution in [3.05, 3.63) is 38.6 Å². The zero-order valence-corrected chi connectivity index (χ0v) is 17.8. The molecule has 0 spiro atoms. The predicted molar refractivity (Wildman–Crippen MR) is 114 cm³/mol. The molecule has 1 aromatic heterocycles. The van der Waals surface area contributed by atoms with E-state index in [1.54, 1.807) is 25.2 Å². The average Bonchev–Trinajstić information content (AvgIpc) is 2.70. The van der Waals surface area contributed by atoms with Crippen LogP contribution >= 0.6 is 35.0 Å². The van der Waals surface area contributed by atoms with Gasteiger partial charge < -0.3 is 26.4 Å². The lowest BCUT2D eigenvalue weighted by molar-refractivity contribution is 0.119. The largest absolute Gasteiger partial charge is 0.465 e. The second-order valence-corrected chi connectivity index (χ2v) is 8.29. The van der Waals surface area contributed by atoms with Crippen molar-refractivity contribution >= 4 is 52.8 Å². The molecule has 5 N–H and O–H groups in total. The Hall–Kier alpha value is -2.14. The van der Waals surface area contributed by atoms with Crippen LogP contribution in [-0.4, -0.2) is 57.9 Å². The fourth-order valence-corrected chi connectivity index (χ4v) is 4.54.